The smallest absolute Gasteiger partial charge is 0.308 e. The summed E-state index contributed by atoms with van der Waals surface area (Å²) in [5.74, 6) is -1.16. The molecule has 5 heteroatoms. The Balaban J connectivity index is 2.62. The van der Waals surface area contributed by atoms with E-state index in [9.17, 15) is 9.59 Å². The molecule has 0 aliphatic carbocycles. The first-order valence-electron chi connectivity index (χ1n) is 5.73. The number of nitrogens with one attached hydrogen (secondary N) is 1. The van der Waals surface area contributed by atoms with Crippen molar-refractivity contribution in [1.82, 2.24) is 5.32 Å². The number of rotatable bonds is 6. The lowest BCUT2D eigenvalue weighted by Gasteiger charge is -2.11. The van der Waals surface area contributed by atoms with Crippen LogP contribution >= 0.6 is 0 Å². The summed E-state index contributed by atoms with van der Waals surface area (Å²) >= 11 is 0. The molecule has 98 valence electrons. The molecular formula is C13H17NO4. The van der Waals surface area contributed by atoms with E-state index in [1.165, 1.54) is 7.11 Å². The maximum Gasteiger partial charge on any atom is 0.308 e. The normalized spacial score (nSPS) is 11.7. The molecule has 1 aromatic carbocycles. The van der Waals surface area contributed by atoms with Crippen molar-refractivity contribution >= 4 is 11.9 Å². The minimum Gasteiger partial charge on any atom is -0.497 e. The number of hydrogen-bond donors (Lipinski definition) is 2. The van der Waals surface area contributed by atoms with Crippen molar-refractivity contribution in [2.24, 2.45) is 5.92 Å². The molecule has 0 aromatic heterocycles. The molecule has 18 heavy (non-hydrogen) atoms. The molecule has 1 aromatic rings. The number of hydrogen-bond acceptors (Lipinski definition) is 3. The zero-order chi connectivity index (χ0) is 13.5. The van der Waals surface area contributed by atoms with Crippen molar-refractivity contribution in [3.8, 4) is 5.75 Å². The molecule has 0 saturated carbocycles. The number of ether oxygens (including phenoxy) is 1. The summed E-state index contributed by atoms with van der Waals surface area (Å²) in [6.45, 7) is 1.90. The Morgan fingerprint density at radius 1 is 1.44 bits per heavy atom. The number of carboxylic acids is 1. The van der Waals surface area contributed by atoms with Crippen LogP contribution in [-0.4, -0.2) is 30.6 Å². The molecule has 0 saturated heterocycles. The topological polar surface area (TPSA) is 75.6 Å². The van der Waals surface area contributed by atoms with Crippen molar-refractivity contribution in [1.29, 1.82) is 0 Å². The van der Waals surface area contributed by atoms with Crippen LogP contribution in [0.25, 0.3) is 0 Å². The Morgan fingerprint density at radius 2 is 2.17 bits per heavy atom. The summed E-state index contributed by atoms with van der Waals surface area (Å²) in [7, 11) is 1.52. The monoisotopic (exact) mass is 251 g/mol. The molecule has 0 fully saturated rings. The zero-order valence-electron chi connectivity index (χ0n) is 10.5. The van der Waals surface area contributed by atoms with E-state index in [0.717, 1.165) is 0 Å². The van der Waals surface area contributed by atoms with Crippen LogP contribution in [0.4, 0.5) is 0 Å². The fourth-order valence-electron chi connectivity index (χ4n) is 1.49. The molecule has 0 aliphatic rings. The molecule has 1 unspecified atom stereocenters. The Hall–Kier alpha value is -2.04. The van der Waals surface area contributed by atoms with E-state index >= 15 is 0 Å². The number of amides is 1. The van der Waals surface area contributed by atoms with Crippen LogP contribution in [0, 0.1) is 5.92 Å². The minimum absolute atomic E-state index is 0.127. The van der Waals surface area contributed by atoms with Gasteiger partial charge in [-0.25, -0.2) is 0 Å². The van der Waals surface area contributed by atoms with Crippen LogP contribution in [0.1, 0.15) is 23.7 Å². The number of carboxylic acid groups (broad SMARTS) is 1. The molecular weight excluding hydrogens is 234 g/mol. The molecule has 0 aliphatic heterocycles. The standard InChI is InChI=1S/C13H17NO4/c1-3-9(13(16)17)8-14-12(15)10-5-4-6-11(7-10)18-2/h4-7,9H,3,8H2,1-2H3,(H,14,15)(H,16,17). The van der Waals surface area contributed by atoms with E-state index in [-0.39, 0.29) is 12.5 Å². The summed E-state index contributed by atoms with van der Waals surface area (Å²) in [5.41, 5.74) is 0.453. The van der Waals surface area contributed by atoms with Crippen LogP contribution in [0.5, 0.6) is 5.75 Å². The van der Waals surface area contributed by atoms with Crippen LogP contribution in [0.2, 0.25) is 0 Å². The maximum atomic E-state index is 11.8. The second-order valence-electron chi connectivity index (χ2n) is 3.89. The van der Waals surface area contributed by atoms with E-state index in [1.807, 2.05) is 0 Å². The third-order valence-corrected chi connectivity index (χ3v) is 2.68. The van der Waals surface area contributed by atoms with Crippen molar-refractivity contribution in [3.05, 3.63) is 29.8 Å². The number of methoxy groups -OCH3 is 1. The number of aliphatic carboxylic acids is 1. The van der Waals surface area contributed by atoms with Gasteiger partial charge in [-0.1, -0.05) is 13.0 Å². The largest absolute Gasteiger partial charge is 0.497 e. The van der Waals surface area contributed by atoms with Gasteiger partial charge in [-0.3, -0.25) is 9.59 Å². The van der Waals surface area contributed by atoms with Gasteiger partial charge in [-0.05, 0) is 24.6 Å². The Kier molecular flexibility index (Phi) is 5.17. The summed E-state index contributed by atoms with van der Waals surface area (Å²) in [6.07, 6.45) is 0.480. The van der Waals surface area contributed by atoms with E-state index in [0.29, 0.717) is 17.7 Å². The van der Waals surface area contributed by atoms with Gasteiger partial charge in [0, 0.05) is 12.1 Å². The van der Waals surface area contributed by atoms with Gasteiger partial charge in [0.15, 0.2) is 0 Å². The average Bonchev–Trinajstić information content (AvgIpc) is 2.38. The zero-order valence-corrected chi connectivity index (χ0v) is 10.5. The quantitative estimate of drug-likeness (QED) is 0.804. The van der Waals surface area contributed by atoms with E-state index in [1.54, 1.807) is 31.2 Å². The predicted octanol–water partition coefficient (Wildman–Crippen LogP) is 1.54. The summed E-state index contributed by atoms with van der Waals surface area (Å²) in [6, 6.07) is 6.71. The fourth-order valence-corrected chi connectivity index (χ4v) is 1.49. The molecule has 5 nitrogen and oxygen atoms in total. The highest BCUT2D eigenvalue weighted by molar-refractivity contribution is 5.94. The van der Waals surface area contributed by atoms with Gasteiger partial charge in [0.05, 0.1) is 13.0 Å². The molecule has 1 rings (SSSR count). The lowest BCUT2D eigenvalue weighted by atomic mass is 10.1. The Labute approximate surface area is 106 Å². The van der Waals surface area contributed by atoms with E-state index in [2.05, 4.69) is 5.32 Å². The first-order chi connectivity index (χ1) is 8.58. The van der Waals surface area contributed by atoms with Gasteiger partial charge < -0.3 is 15.2 Å². The first-order valence-corrected chi connectivity index (χ1v) is 5.73. The highest BCUT2D eigenvalue weighted by atomic mass is 16.5. The molecule has 0 radical (unpaired) electrons. The second-order valence-corrected chi connectivity index (χ2v) is 3.89. The van der Waals surface area contributed by atoms with Gasteiger partial charge in [-0.15, -0.1) is 0 Å². The van der Waals surface area contributed by atoms with Gasteiger partial charge in [0.25, 0.3) is 5.91 Å². The summed E-state index contributed by atoms with van der Waals surface area (Å²) in [4.78, 5) is 22.6. The second kappa shape index (κ2) is 6.64. The van der Waals surface area contributed by atoms with Gasteiger partial charge in [-0.2, -0.15) is 0 Å². The molecule has 1 amide bonds. The number of carbonyl (C=O) groups is 2. The molecule has 2 N–H and O–H groups in total. The van der Waals surface area contributed by atoms with Crippen molar-refractivity contribution in [3.63, 3.8) is 0 Å². The average molecular weight is 251 g/mol. The highest BCUT2D eigenvalue weighted by Crippen LogP contribution is 2.12. The lowest BCUT2D eigenvalue weighted by Crippen LogP contribution is -2.32. The lowest BCUT2D eigenvalue weighted by molar-refractivity contribution is -0.141. The molecule has 0 spiro atoms. The van der Waals surface area contributed by atoms with E-state index < -0.39 is 11.9 Å². The summed E-state index contributed by atoms with van der Waals surface area (Å²) < 4.78 is 5.02. The summed E-state index contributed by atoms with van der Waals surface area (Å²) in [5, 5.41) is 11.5. The van der Waals surface area contributed by atoms with E-state index in [4.69, 9.17) is 9.84 Å². The molecule has 0 heterocycles. The van der Waals surface area contributed by atoms with Crippen LogP contribution in [-0.2, 0) is 4.79 Å². The predicted molar refractivity (Wildman–Crippen MR) is 66.7 cm³/mol. The Morgan fingerprint density at radius 3 is 2.72 bits per heavy atom. The molecule has 0 bridgehead atoms. The van der Waals surface area contributed by atoms with Gasteiger partial charge in [0.1, 0.15) is 5.75 Å². The third kappa shape index (κ3) is 3.76. The van der Waals surface area contributed by atoms with Crippen LogP contribution < -0.4 is 10.1 Å². The molecule has 1 atom stereocenters. The van der Waals surface area contributed by atoms with Crippen LogP contribution in [0.3, 0.4) is 0 Å². The number of benzene rings is 1. The third-order valence-electron chi connectivity index (χ3n) is 2.68. The maximum absolute atomic E-state index is 11.8. The van der Waals surface area contributed by atoms with Crippen molar-refractivity contribution < 1.29 is 19.4 Å². The van der Waals surface area contributed by atoms with Gasteiger partial charge in [0.2, 0.25) is 0 Å². The van der Waals surface area contributed by atoms with Crippen LogP contribution in [0.15, 0.2) is 24.3 Å². The van der Waals surface area contributed by atoms with Crippen molar-refractivity contribution in [2.75, 3.05) is 13.7 Å². The number of carbonyl (C=O) groups excluding carboxylic acids is 1. The van der Waals surface area contributed by atoms with Crippen molar-refractivity contribution in [2.45, 2.75) is 13.3 Å². The Bertz CT molecular complexity index is 431. The SMILES string of the molecule is CCC(CNC(=O)c1cccc(OC)c1)C(=O)O. The fraction of sp³-hybridized carbons (Fsp3) is 0.385. The highest BCUT2D eigenvalue weighted by Gasteiger charge is 2.16. The first kappa shape index (κ1) is 14.0. The van der Waals surface area contributed by atoms with Gasteiger partial charge >= 0.3 is 5.97 Å². The minimum atomic E-state index is -0.900.